The molecule has 0 radical (unpaired) electrons. The van der Waals surface area contributed by atoms with E-state index in [9.17, 15) is 9.59 Å². The van der Waals surface area contributed by atoms with Crippen molar-refractivity contribution in [3.05, 3.63) is 11.6 Å². The second kappa shape index (κ2) is 8.32. The first-order chi connectivity index (χ1) is 9.51. The van der Waals surface area contributed by atoms with Gasteiger partial charge in [0, 0.05) is 25.5 Å². The molecule has 20 heavy (non-hydrogen) atoms. The molecule has 1 saturated heterocycles. The number of hydrogen-bond donors (Lipinski definition) is 1. The summed E-state index contributed by atoms with van der Waals surface area (Å²) in [4.78, 5) is 26.2. The van der Waals surface area contributed by atoms with E-state index in [2.05, 4.69) is 5.32 Å². The van der Waals surface area contributed by atoms with Gasteiger partial charge in [0.25, 0.3) is 0 Å². The van der Waals surface area contributed by atoms with Crippen LogP contribution in [-0.4, -0.2) is 54.1 Å². The van der Waals surface area contributed by atoms with Crippen LogP contribution in [0.1, 0.15) is 27.2 Å². The molecular formula is C14H24N2O3S. The Hall–Kier alpha value is -1.01. The van der Waals surface area contributed by atoms with Crippen LogP contribution in [0.3, 0.4) is 0 Å². The highest BCUT2D eigenvalue weighted by molar-refractivity contribution is 8.00. The summed E-state index contributed by atoms with van der Waals surface area (Å²) in [6.45, 7) is 6.75. The molecule has 0 aromatic rings. The Balaban J connectivity index is 2.75. The Morgan fingerprint density at radius 3 is 2.70 bits per heavy atom. The van der Waals surface area contributed by atoms with E-state index in [0.29, 0.717) is 18.9 Å². The first-order valence-corrected chi connectivity index (χ1v) is 7.91. The van der Waals surface area contributed by atoms with E-state index in [1.54, 1.807) is 29.8 Å². The fraction of sp³-hybridized carbons (Fsp3) is 0.714. The van der Waals surface area contributed by atoms with Gasteiger partial charge in [0.2, 0.25) is 11.8 Å². The second-order valence-corrected chi connectivity index (χ2v) is 6.17. The summed E-state index contributed by atoms with van der Waals surface area (Å²) in [5.74, 6) is 0.481. The number of carbonyl (C=O) groups excluding carboxylic acids is 2. The van der Waals surface area contributed by atoms with Crippen molar-refractivity contribution < 1.29 is 14.3 Å². The van der Waals surface area contributed by atoms with E-state index in [1.165, 1.54) is 0 Å². The van der Waals surface area contributed by atoms with Gasteiger partial charge in [-0.2, -0.15) is 0 Å². The molecule has 0 bridgehead atoms. The molecule has 0 aliphatic carbocycles. The molecule has 6 heteroatoms. The van der Waals surface area contributed by atoms with Crippen molar-refractivity contribution in [2.75, 3.05) is 26.0 Å². The van der Waals surface area contributed by atoms with Crippen LogP contribution in [0.4, 0.5) is 0 Å². The summed E-state index contributed by atoms with van der Waals surface area (Å²) in [5.41, 5.74) is 0.945. The second-order valence-electron chi connectivity index (χ2n) is 4.96. The minimum Gasteiger partial charge on any atom is -0.383 e. The Bertz CT molecular complexity index is 381. The number of amides is 2. The van der Waals surface area contributed by atoms with Gasteiger partial charge in [-0.05, 0) is 20.3 Å². The molecule has 1 aliphatic heterocycles. The summed E-state index contributed by atoms with van der Waals surface area (Å²) in [6, 6.07) is -0.384. The van der Waals surface area contributed by atoms with Gasteiger partial charge >= 0.3 is 0 Å². The third kappa shape index (κ3) is 4.52. The van der Waals surface area contributed by atoms with Gasteiger partial charge in [0.15, 0.2) is 0 Å². The molecule has 0 spiro atoms. The number of hydrogen-bond acceptors (Lipinski definition) is 4. The molecule has 0 aromatic carbocycles. The van der Waals surface area contributed by atoms with Crippen molar-refractivity contribution in [2.24, 2.45) is 0 Å². The van der Waals surface area contributed by atoms with E-state index in [1.807, 2.05) is 20.8 Å². The van der Waals surface area contributed by atoms with E-state index in [4.69, 9.17) is 4.74 Å². The van der Waals surface area contributed by atoms with Gasteiger partial charge in [-0.15, -0.1) is 11.8 Å². The van der Waals surface area contributed by atoms with Crippen molar-refractivity contribution >= 4 is 23.6 Å². The molecule has 1 aliphatic rings. The van der Waals surface area contributed by atoms with E-state index < -0.39 is 0 Å². The van der Waals surface area contributed by atoms with E-state index in [-0.39, 0.29) is 23.2 Å². The zero-order chi connectivity index (χ0) is 15.1. The fourth-order valence-corrected chi connectivity index (χ4v) is 3.45. The Morgan fingerprint density at radius 1 is 1.45 bits per heavy atom. The Labute approximate surface area is 125 Å². The van der Waals surface area contributed by atoms with Gasteiger partial charge in [-0.25, -0.2) is 0 Å². The first kappa shape index (κ1) is 17.0. The lowest BCUT2D eigenvalue weighted by molar-refractivity contribution is -0.136. The minimum absolute atomic E-state index is 0.0752. The van der Waals surface area contributed by atoms with Crippen molar-refractivity contribution in [1.82, 2.24) is 10.2 Å². The lowest BCUT2D eigenvalue weighted by Crippen LogP contribution is -2.49. The van der Waals surface area contributed by atoms with Gasteiger partial charge in [0.1, 0.15) is 6.04 Å². The monoisotopic (exact) mass is 300 g/mol. The largest absolute Gasteiger partial charge is 0.383 e. The highest BCUT2D eigenvalue weighted by Gasteiger charge is 2.39. The van der Waals surface area contributed by atoms with Crippen LogP contribution in [-0.2, 0) is 14.3 Å². The number of nitrogens with one attached hydrogen (secondary N) is 1. The van der Waals surface area contributed by atoms with Crippen LogP contribution in [0.25, 0.3) is 0 Å². The molecule has 1 N–H and O–H groups in total. The number of methoxy groups -OCH3 is 1. The summed E-state index contributed by atoms with van der Waals surface area (Å²) in [7, 11) is 1.59. The fourth-order valence-electron chi connectivity index (χ4n) is 2.09. The van der Waals surface area contributed by atoms with Gasteiger partial charge in [0.05, 0.1) is 12.0 Å². The van der Waals surface area contributed by atoms with Crippen molar-refractivity contribution in [3.8, 4) is 0 Å². The summed E-state index contributed by atoms with van der Waals surface area (Å²) in [5, 5.41) is 2.90. The number of thioether (sulfide) groups is 1. The normalized spacial score (nSPS) is 21.7. The van der Waals surface area contributed by atoms with Crippen LogP contribution in [0.5, 0.6) is 0 Å². The SMILES string of the molecule is CCC1SCC(C(=O)NCCOC)N1C(=O)C=C(C)C. The zero-order valence-electron chi connectivity index (χ0n) is 12.6. The van der Waals surface area contributed by atoms with Gasteiger partial charge in [-0.3, -0.25) is 9.59 Å². The lowest BCUT2D eigenvalue weighted by atomic mass is 10.2. The van der Waals surface area contributed by atoms with Crippen molar-refractivity contribution in [1.29, 1.82) is 0 Å². The predicted octanol–water partition coefficient (Wildman–Crippen LogP) is 1.40. The number of rotatable bonds is 6. The Morgan fingerprint density at radius 2 is 2.15 bits per heavy atom. The van der Waals surface area contributed by atoms with E-state index in [0.717, 1.165) is 12.0 Å². The molecule has 1 rings (SSSR count). The Kier molecular flexibility index (Phi) is 7.09. The molecule has 2 atom stereocenters. The van der Waals surface area contributed by atoms with Crippen LogP contribution < -0.4 is 5.32 Å². The summed E-state index contributed by atoms with van der Waals surface area (Å²) < 4.78 is 4.91. The maximum atomic E-state index is 12.3. The van der Waals surface area contributed by atoms with Gasteiger partial charge in [-0.1, -0.05) is 12.5 Å². The summed E-state index contributed by atoms with van der Waals surface area (Å²) in [6.07, 6.45) is 2.44. The smallest absolute Gasteiger partial charge is 0.248 e. The maximum absolute atomic E-state index is 12.3. The average molecular weight is 300 g/mol. The minimum atomic E-state index is -0.384. The van der Waals surface area contributed by atoms with Crippen LogP contribution in [0, 0.1) is 0 Å². The van der Waals surface area contributed by atoms with Crippen LogP contribution in [0.2, 0.25) is 0 Å². The number of nitrogens with zero attached hydrogens (tertiary/aromatic N) is 1. The molecule has 114 valence electrons. The molecule has 5 nitrogen and oxygen atoms in total. The predicted molar refractivity (Wildman–Crippen MR) is 81.5 cm³/mol. The third-order valence-corrected chi connectivity index (χ3v) is 4.47. The molecular weight excluding hydrogens is 276 g/mol. The molecule has 0 saturated carbocycles. The molecule has 2 unspecified atom stereocenters. The lowest BCUT2D eigenvalue weighted by Gasteiger charge is -2.27. The highest BCUT2D eigenvalue weighted by Crippen LogP contribution is 2.31. The number of allylic oxidation sites excluding steroid dienone is 1. The molecule has 2 amide bonds. The summed E-state index contributed by atoms with van der Waals surface area (Å²) >= 11 is 1.67. The van der Waals surface area contributed by atoms with Crippen LogP contribution >= 0.6 is 11.8 Å². The zero-order valence-corrected chi connectivity index (χ0v) is 13.5. The third-order valence-electron chi connectivity index (χ3n) is 3.02. The topological polar surface area (TPSA) is 58.6 Å². The van der Waals surface area contributed by atoms with Crippen molar-refractivity contribution in [3.63, 3.8) is 0 Å². The molecule has 0 aromatic heterocycles. The highest BCUT2D eigenvalue weighted by atomic mass is 32.2. The van der Waals surface area contributed by atoms with Crippen molar-refractivity contribution in [2.45, 2.75) is 38.6 Å². The number of ether oxygens (including phenoxy) is 1. The first-order valence-electron chi connectivity index (χ1n) is 6.86. The van der Waals surface area contributed by atoms with E-state index >= 15 is 0 Å². The number of carbonyl (C=O) groups is 2. The quantitative estimate of drug-likeness (QED) is 0.595. The molecule has 1 fully saturated rings. The van der Waals surface area contributed by atoms with Crippen LogP contribution in [0.15, 0.2) is 11.6 Å². The van der Waals surface area contributed by atoms with Gasteiger partial charge < -0.3 is 15.0 Å². The molecule has 1 heterocycles. The maximum Gasteiger partial charge on any atom is 0.248 e. The average Bonchev–Trinajstić information content (AvgIpc) is 2.81. The standard InChI is InChI=1S/C14H24N2O3S/c1-5-13-16(12(17)8-10(2)3)11(9-20-13)14(18)15-6-7-19-4/h8,11,13H,5-7,9H2,1-4H3,(H,15,18).